The van der Waals surface area contributed by atoms with Gasteiger partial charge in [-0.05, 0) is 35.5 Å². The van der Waals surface area contributed by atoms with E-state index in [0.717, 1.165) is 10.8 Å². The Balaban J connectivity index is 1.99. The van der Waals surface area contributed by atoms with Gasteiger partial charge in [-0.2, -0.15) is 0 Å². The van der Waals surface area contributed by atoms with Gasteiger partial charge in [0.15, 0.2) is 0 Å². The van der Waals surface area contributed by atoms with E-state index in [1.165, 1.54) is 18.3 Å². The zero-order valence-electron chi connectivity index (χ0n) is 6.28. The molecule has 3 unspecified atom stereocenters. The van der Waals surface area contributed by atoms with Crippen molar-refractivity contribution < 1.29 is 0 Å². The monoisotopic (exact) mass is 122 g/mol. The fourth-order valence-corrected chi connectivity index (χ4v) is 4.03. The normalized spacial score (nSPS) is 64.7. The quantitative estimate of drug-likeness (QED) is 0.463. The highest BCUT2D eigenvalue weighted by atomic mass is 14.9. The largest absolute Gasteiger partial charge is 0.0591 e. The van der Waals surface area contributed by atoms with Gasteiger partial charge in [-0.25, -0.2) is 0 Å². The van der Waals surface area contributed by atoms with Crippen LogP contribution in [0.4, 0.5) is 0 Å². The molecule has 0 heteroatoms. The standard InChI is InChI=1S/C9H14/c1-8(2)7-6-4-3-5-9(6,7)8/h6-7H,3-5H2,1-2H3. The van der Waals surface area contributed by atoms with Crippen LogP contribution in [0.2, 0.25) is 0 Å². The molecule has 9 heavy (non-hydrogen) atoms. The van der Waals surface area contributed by atoms with E-state index < -0.39 is 0 Å². The second-order valence-electron chi connectivity index (χ2n) is 4.74. The molecule has 3 fully saturated rings. The van der Waals surface area contributed by atoms with Crippen LogP contribution in [0.5, 0.6) is 0 Å². The third kappa shape index (κ3) is 0.249. The van der Waals surface area contributed by atoms with E-state index >= 15 is 0 Å². The van der Waals surface area contributed by atoms with Gasteiger partial charge in [-0.15, -0.1) is 0 Å². The molecule has 3 atom stereocenters. The predicted octanol–water partition coefficient (Wildman–Crippen LogP) is 2.44. The lowest BCUT2D eigenvalue weighted by Gasteiger charge is -2.17. The van der Waals surface area contributed by atoms with Crippen LogP contribution in [-0.2, 0) is 0 Å². The molecular formula is C9H14. The summed E-state index contributed by atoms with van der Waals surface area (Å²) in [5.74, 6) is 2.38. The molecule has 0 saturated heterocycles. The van der Waals surface area contributed by atoms with Crippen LogP contribution in [0.1, 0.15) is 33.1 Å². The first-order chi connectivity index (χ1) is 4.21. The van der Waals surface area contributed by atoms with Crippen LogP contribution in [-0.4, -0.2) is 0 Å². The maximum Gasteiger partial charge on any atom is -0.0176 e. The van der Waals surface area contributed by atoms with Crippen molar-refractivity contribution in [1.29, 1.82) is 0 Å². The molecule has 3 aliphatic carbocycles. The van der Waals surface area contributed by atoms with Crippen LogP contribution in [0, 0.1) is 22.7 Å². The second kappa shape index (κ2) is 0.889. The average molecular weight is 122 g/mol. The Morgan fingerprint density at radius 2 is 2.11 bits per heavy atom. The highest BCUT2D eigenvalue weighted by molar-refractivity contribution is 5.38. The summed E-state index contributed by atoms with van der Waals surface area (Å²) < 4.78 is 0. The fourth-order valence-electron chi connectivity index (χ4n) is 4.03. The molecule has 0 aliphatic heterocycles. The first-order valence-corrected chi connectivity index (χ1v) is 4.21. The summed E-state index contributed by atoms with van der Waals surface area (Å²) in [6, 6.07) is 0. The van der Waals surface area contributed by atoms with Gasteiger partial charge in [0, 0.05) is 0 Å². The lowest BCUT2D eigenvalue weighted by Crippen LogP contribution is -2.11. The molecule has 0 amide bonds. The number of hydrogen-bond donors (Lipinski definition) is 0. The average Bonchev–Trinajstić information content (AvgIpc) is 2.51. The van der Waals surface area contributed by atoms with Crippen LogP contribution >= 0.6 is 0 Å². The van der Waals surface area contributed by atoms with Crippen molar-refractivity contribution in [2.24, 2.45) is 22.7 Å². The second-order valence-corrected chi connectivity index (χ2v) is 4.74. The third-order valence-electron chi connectivity index (χ3n) is 4.51. The first-order valence-electron chi connectivity index (χ1n) is 4.21. The molecule has 0 bridgehead atoms. The summed E-state index contributed by atoms with van der Waals surface area (Å²) in [6.07, 6.45) is 4.66. The zero-order valence-corrected chi connectivity index (χ0v) is 6.28. The predicted molar refractivity (Wildman–Crippen MR) is 37.0 cm³/mol. The lowest BCUT2D eigenvalue weighted by molar-refractivity contribution is 0.308. The van der Waals surface area contributed by atoms with E-state index in [1.807, 2.05) is 0 Å². The highest BCUT2D eigenvalue weighted by Crippen LogP contribution is 2.96. The van der Waals surface area contributed by atoms with Crippen molar-refractivity contribution >= 4 is 0 Å². The van der Waals surface area contributed by atoms with Gasteiger partial charge >= 0.3 is 0 Å². The van der Waals surface area contributed by atoms with E-state index in [4.69, 9.17) is 0 Å². The summed E-state index contributed by atoms with van der Waals surface area (Å²) in [7, 11) is 0. The Labute approximate surface area is 56.6 Å². The Morgan fingerprint density at radius 3 is 2.44 bits per heavy atom. The Bertz CT molecular complexity index is 180. The van der Waals surface area contributed by atoms with Gasteiger partial charge in [0.05, 0.1) is 0 Å². The third-order valence-corrected chi connectivity index (χ3v) is 4.51. The molecule has 0 radical (unpaired) electrons. The molecule has 50 valence electrons. The maximum atomic E-state index is 2.46. The SMILES string of the molecule is CC1(C)C2C3CCCC321. The van der Waals surface area contributed by atoms with Crippen LogP contribution in [0.25, 0.3) is 0 Å². The molecular weight excluding hydrogens is 108 g/mol. The van der Waals surface area contributed by atoms with Crippen molar-refractivity contribution in [1.82, 2.24) is 0 Å². The Kier molecular flexibility index (Phi) is 0.470. The number of fused-ring (bicyclic) bond motifs is 1. The summed E-state index contributed by atoms with van der Waals surface area (Å²) in [5.41, 5.74) is 1.71. The van der Waals surface area contributed by atoms with Crippen molar-refractivity contribution in [3.05, 3.63) is 0 Å². The molecule has 0 N–H and O–H groups in total. The van der Waals surface area contributed by atoms with E-state index in [1.54, 1.807) is 12.8 Å². The molecule has 0 heterocycles. The van der Waals surface area contributed by atoms with Gasteiger partial charge < -0.3 is 0 Å². The Morgan fingerprint density at radius 1 is 1.33 bits per heavy atom. The topological polar surface area (TPSA) is 0 Å². The molecule has 1 spiro atoms. The van der Waals surface area contributed by atoms with Gasteiger partial charge in [-0.1, -0.05) is 20.3 Å². The summed E-state index contributed by atoms with van der Waals surface area (Å²) >= 11 is 0. The van der Waals surface area contributed by atoms with Crippen LogP contribution in [0.3, 0.4) is 0 Å². The highest BCUT2D eigenvalue weighted by Gasteiger charge is 2.90. The molecule has 0 aromatic carbocycles. The summed E-state index contributed by atoms with van der Waals surface area (Å²) in [4.78, 5) is 0. The fraction of sp³-hybridized carbons (Fsp3) is 1.00. The van der Waals surface area contributed by atoms with Gasteiger partial charge in [0.2, 0.25) is 0 Å². The summed E-state index contributed by atoms with van der Waals surface area (Å²) in [5, 5.41) is 0. The minimum absolute atomic E-state index is 0.786. The van der Waals surface area contributed by atoms with E-state index in [9.17, 15) is 0 Å². The van der Waals surface area contributed by atoms with Gasteiger partial charge in [-0.3, -0.25) is 0 Å². The maximum absolute atomic E-state index is 2.46. The molecule has 0 nitrogen and oxygen atoms in total. The zero-order chi connectivity index (χ0) is 6.28. The van der Waals surface area contributed by atoms with E-state index in [2.05, 4.69) is 13.8 Å². The minimum atomic E-state index is 0.786. The minimum Gasteiger partial charge on any atom is -0.0591 e. The van der Waals surface area contributed by atoms with E-state index in [-0.39, 0.29) is 0 Å². The van der Waals surface area contributed by atoms with E-state index in [0.29, 0.717) is 0 Å². The molecule has 0 aromatic rings. The lowest BCUT2D eigenvalue weighted by atomic mass is 9.87. The molecule has 3 rings (SSSR count). The smallest absolute Gasteiger partial charge is 0.0176 e. The van der Waals surface area contributed by atoms with Crippen molar-refractivity contribution in [3.63, 3.8) is 0 Å². The summed E-state index contributed by atoms with van der Waals surface area (Å²) in [6.45, 7) is 4.92. The Hall–Kier alpha value is 0. The molecule has 0 aromatic heterocycles. The van der Waals surface area contributed by atoms with Crippen molar-refractivity contribution in [2.75, 3.05) is 0 Å². The number of hydrogen-bond acceptors (Lipinski definition) is 0. The van der Waals surface area contributed by atoms with Crippen LogP contribution in [0.15, 0.2) is 0 Å². The van der Waals surface area contributed by atoms with Gasteiger partial charge in [0.1, 0.15) is 0 Å². The van der Waals surface area contributed by atoms with Crippen molar-refractivity contribution in [3.8, 4) is 0 Å². The molecule has 3 aliphatic rings. The van der Waals surface area contributed by atoms with Crippen LogP contribution < -0.4 is 0 Å². The first kappa shape index (κ1) is 4.76. The van der Waals surface area contributed by atoms with Crippen molar-refractivity contribution in [2.45, 2.75) is 33.1 Å². The molecule has 3 saturated carbocycles. The van der Waals surface area contributed by atoms with Gasteiger partial charge in [0.25, 0.3) is 0 Å². The number of rotatable bonds is 0.